The number of nitrogens with zero attached hydrogens (tertiary/aromatic N) is 2. The lowest BCUT2D eigenvalue weighted by molar-refractivity contribution is 1.37. The van der Waals surface area contributed by atoms with Crippen molar-refractivity contribution in [2.75, 3.05) is 0 Å². The number of aromatic nitrogens is 2. The van der Waals surface area contributed by atoms with Crippen molar-refractivity contribution in [3.8, 4) is 65.5 Å². The third-order valence-corrected chi connectivity index (χ3v) is 12.5. The van der Waals surface area contributed by atoms with Crippen molar-refractivity contribution < 1.29 is 54.8 Å². The van der Waals surface area contributed by atoms with E-state index in [1.807, 2.05) is 0 Å². The van der Waals surface area contributed by atoms with Gasteiger partial charge in [0, 0.05) is 54.5 Å². The molecule has 3 aromatic heterocycles. The number of pyridine rings is 2. The molecule has 0 saturated heterocycles. The first kappa shape index (κ1) is 16.5. The van der Waals surface area contributed by atoms with Gasteiger partial charge < -0.3 is 0 Å². The topological polar surface area (TPSA) is 25.8 Å². The van der Waals surface area contributed by atoms with Crippen LogP contribution in [0.15, 0.2) is 242 Å². The van der Waals surface area contributed by atoms with Crippen LogP contribution in [-0.2, 0) is 0 Å². The lowest BCUT2D eigenvalue weighted by Crippen LogP contribution is -1.93. The molecule has 0 fully saturated rings. The molecule has 0 aliphatic carbocycles. The van der Waals surface area contributed by atoms with Gasteiger partial charge >= 0.3 is 0 Å². The van der Waals surface area contributed by atoms with Crippen molar-refractivity contribution >= 4 is 87.0 Å². The van der Waals surface area contributed by atoms with Crippen LogP contribution in [0.5, 0.6) is 0 Å². The Balaban J connectivity index is 1.30. The Morgan fingerprint density at radius 3 is 1.22 bits per heavy atom. The molecule has 14 rings (SSSR count). The zero-order valence-corrected chi connectivity index (χ0v) is 35.1. The van der Waals surface area contributed by atoms with Gasteiger partial charge in [-0.2, -0.15) is 0 Å². The highest BCUT2D eigenvalue weighted by molar-refractivity contribution is 7.20. The SMILES string of the molecule is [2H]c1nc2c(c([2H])c1[2H])c([2H])c([2H])c1c([2H])c([2H])c(-c3c([2H])c([2H])c(-c4c([2H])c([2H])c(-c5c(-c6c([2H])c([2H])c([2H])c7c([2H])c([2H])c([2H])c([2H])c67)sc(-c6c([2H])c([2H])c([2H])c7c([2H])c([2H])c([2H])c([2H])c67)c5-c5c([2H])c([2H])c([2H])c6c([2H])c([2H])c([2H])c([2H])c56)c5c([2H])c([2H])c([2H])c([2H])c45)c4c([2H])c([2H])c([2H])c([2H])c34)nc12. The van der Waals surface area contributed by atoms with Crippen LogP contribution in [0.25, 0.3) is 141 Å². The number of thiophene rings is 1. The number of hydrogen-bond donors (Lipinski definition) is 0. The van der Waals surface area contributed by atoms with Gasteiger partial charge in [-0.3, -0.25) is 4.98 Å². The summed E-state index contributed by atoms with van der Waals surface area (Å²) in [7, 11) is 0. The fourth-order valence-electron chi connectivity index (χ4n) is 8.27. The normalized spacial score (nSPS) is 19.9. The molecular formula is C66H40N2S. The average Bonchev–Trinajstić information content (AvgIpc) is 1.67. The van der Waals surface area contributed by atoms with Crippen molar-refractivity contribution in [1.29, 1.82) is 0 Å². The molecule has 0 unspecified atom stereocenters. The second-order valence-electron chi connectivity index (χ2n) is 14.9. The highest BCUT2D eigenvalue weighted by atomic mass is 32.1. The van der Waals surface area contributed by atoms with Gasteiger partial charge in [-0.05, 0) is 88.2 Å². The van der Waals surface area contributed by atoms with E-state index in [1.165, 1.54) is 0 Å². The van der Waals surface area contributed by atoms with Gasteiger partial charge in [-0.15, -0.1) is 11.3 Å². The third-order valence-electron chi connectivity index (χ3n) is 11.2. The minimum atomic E-state index is -1.40. The molecule has 14 aromatic rings. The molecule has 0 bridgehead atoms. The van der Waals surface area contributed by atoms with Gasteiger partial charge in [0.2, 0.25) is 0 Å². The third kappa shape index (κ3) is 6.32. The number of rotatable bonds is 6. The zero-order valence-electron chi connectivity index (χ0n) is 74.3. The minimum Gasteiger partial charge on any atom is -0.254 e. The summed E-state index contributed by atoms with van der Waals surface area (Å²) in [6.45, 7) is 0. The van der Waals surface area contributed by atoms with Crippen LogP contribution in [0.3, 0.4) is 0 Å². The fraction of sp³-hybridized carbons (Fsp3) is 0. The summed E-state index contributed by atoms with van der Waals surface area (Å²) in [4.78, 5) is 6.87. The number of benzene rings is 11. The summed E-state index contributed by atoms with van der Waals surface area (Å²) in [5.74, 6) is 0. The summed E-state index contributed by atoms with van der Waals surface area (Å²) >= 11 is 0.144. The van der Waals surface area contributed by atoms with Crippen LogP contribution in [0.2, 0.25) is 0 Å². The van der Waals surface area contributed by atoms with Crippen molar-refractivity contribution in [3.05, 3.63) is 242 Å². The second kappa shape index (κ2) is 16.0. The molecule has 0 atom stereocenters. The van der Waals surface area contributed by atoms with Gasteiger partial charge in [0.1, 0.15) is 0 Å². The molecule has 3 heterocycles. The zero-order chi connectivity index (χ0) is 80.2. The van der Waals surface area contributed by atoms with E-state index in [4.69, 9.17) is 17.8 Å². The Morgan fingerprint density at radius 2 is 0.652 bits per heavy atom. The Kier molecular flexibility index (Phi) is 3.81. The standard InChI is InChI=1S/C66H40N2S/c1-4-22-46-41(15-1)18-11-29-56(46)61-62(66(59-31-13-20-43-17-3-6-24-48(43)59)69-65(61)58-30-12-19-42-16-2-5-23-47(42)58)57-38-36-54(50-26-8-10-28-52(50)57)53-35-37-55(51-27-9-7-25-49(51)53)60-39-34-45-33-32-44-21-14-40-67-63(44)64(45)68-60/h1-40H/i1D,2D,3D,4D,5D,6D,7D,8D,9D,10D,11D,12D,13D,14D,15D,16D,17D,18D,19D,20D,21D,22D,23D,24D,25D,26D,27D,28D,29D,30D,31D,32D,33D,34D,35D,36D,37D,38D,39D,40D. The quantitative estimate of drug-likeness (QED) is 0.155. The number of hydrogen-bond acceptors (Lipinski definition) is 3. The van der Waals surface area contributed by atoms with Crippen LogP contribution >= 0.6 is 11.3 Å². The highest BCUT2D eigenvalue weighted by Crippen LogP contribution is 2.56. The molecular weight excluding hydrogens is 853 g/mol. The van der Waals surface area contributed by atoms with E-state index < -0.39 is 383 Å². The Morgan fingerprint density at radius 1 is 0.275 bits per heavy atom. The molecule has 11 aromatic carbocycles. The first-order chi connectivity index (χ1) is 50.9. The lowest BCUT2D eigenvalue weighted by atomic mass is 9.84. The Bertz CT molecular complexity index is 6760. The molecule has 0 saturated carbocycles. The summed E-state index contributed by atoms with van der Waals surface area (Å²) in [6.07, 6.45) is -0.857. The van der Waals surface area contributed by atoms with Crippen molar-refractivity contribution in [1.82, 2.24) is 9.97 Å². The van der Waals surface area contributed by atoms with Crippen molar-refractivity contribution in [3.63, 3.8) is 0 Å². The largest absolute Gasteiger partial charge is 0.254 e. The van der Waals surface area contributed by atoms with E-state index in [1.54, 1.807) is 0 Å². The van der Waals surface area contributed by atoms with Crippen LogP contribution < -0.4 is 0 Å². The molecule has 0 radical (unpaired) electrons. The Labute approximate surface area is 459 Å². The molecule has 0 aliphatic rings. The summed E-state index contributed by atoms with van der Waals surface area (Å²) in [6, 6.07) is -42.8. The maximum atomic E-state index is 10.7. The first-order valence-corrected chi connectivity index (χ1v) is 21.1. The van der Waals surface area contributed by atoms with Crippen molar-refractivity contribution in [2.24, 2.45) is 0 Å². The van der Waals surface area contributed by atoms with Crippen LogP contribution in [0, 0.1) is 0 Å². The van der Waals surface area contributed by atoms with Crippen molar-refractivity contribution in [2.45, 2.75) is 0 Å². The summed E-state index contributed by atoms with van der Waals surface area (Å²) in [5, 5.41) is -10.1. The molecule has 0 amide bonds. The van der Waals surface area contributed by atoms with Gasteiger partial charge in [0.25, 0.3) is 0 Å². The molecule has 0 spiro atoms. The van der Waals surface area contributed by atoms with Crippen LogP contribution in [-0.4, -0.2) is 9.97 Å². The first-order valence-electron chi connectivity index (χ1n) is 40.3. The summed E-state index contributed by atoms with van der Waals surface area (Å²) < 4.78 is 375. The highest BCUT2D eigenvalue weighted by Gasteiger charge is 2.28. The van der Waals surface area contributed by atoms with Gasteiger partial charge in [0.15, 0.2) is 0 Å². The predicted molar refractivity (Wildman–Crippen MR) is 295 cm³/mol. The molecule has 0 N–H and O–H groups in total. The van der Waals surface area contributed by atoms with E-state index in [0.29, 0.717) is 0 Å². The van der Waals surface area contributed by atoms with E-state index in [2.05, 4.69) is 9.97 Å². The maximum absolute atomic E-state index is 10.7. The maximum Gasteiger partial charge on any atom is 0.0972 e. The molecule has 2 nitrogen and oxygen atoms in total. The average molecular weight is 933 g/mol. The van der Waals surface area contributed by atoms with E-state index in [-0.39, 0.29) is 11.3 Å². The second-order valence-corrected chi connectivity index (χ2v) is 15.9. The molecule has 3 heteroatoms. The number of fused-ring (bicyclic) bond motifs is 8. The smallest absolute Gasteiger partial charge is 0.0972 e. The van der Waals surface area contributed by atoms with Crippen LogP contribution in [0.4, 0.5) is 0 Å². The Hall–Kier alpha value is -8.76. The lowest BCUT2D eigenvalue weighted by Gasteiger charge is -2.18. The summed E-state index contributed by atoms with van der Waals surface area (Å²) in [5.41, 5.74) is -10.9. The predicted octanol–water partition coefficient (Wildman–Crippen LogP) is 18.6. The fourth-order valence-corrected chi connectivity index (χ4v) is 9.60. The van der Waals surface area contributed by atoms with E-state index in [0.717, 1.165) is 0 Å². The molecule has 69 heavy (non-hydrogen) atoms. The monoisotopic (exact) mass is 933 g/mol. The molecule has 320 valence electrons. The van der Waals surface area contributed by atoms with E-state index >= 15 is 0 Å². The molecule has 0 aliphatic heterocycles. The van der Waals surface area contributed by atoms with Gasteiger partial charge in [-0.1, -0.05) is 224 Å². The minimum absolute atomic E-state index is 0.144. The van der Waals surface area contributed by atoms with Crippen LogP contribution in [0.1, 0.15) is 54.8 Å². The van der Waals surface area contributed by atoms with Gasteiger partial charge in [0.05, 0.1) is 71.6 Å². The van der Waals surface area contributed by atoms with E-state index in [9.17, 15) is 37.0 Å². The van der Waals surface area contributed by atoms with Gasteiger partial charge in [-0.25, -0.2) is 4.98 Å².